The van der Waals surface area contributed by atoms with Gasteiger partial charge in [0.15, 0.2) is 0 Å². The smallest absolute Gasteiger partial charge is 0.330 e. The van der Waals surface area contributed by atoms with Crippen molar-refractivity contribution in [3.63, 3.8) is 0 Å². The van der Waals surface area contributed by atoms with E-state index in [-0.39, 0.29) is 17.7 Å². The molecule has 6 nitrogen and oxygen atoms in total. The summed E-state index contributed by atoms with van der Waals surface area (Å²) < 4.78 is 4.84. The SMILES string of the molecule is CNCc1ccc(CC(=O)NC2=C3C=CC(Cl)C=C3NC(C(=O)OC)C2Cl)cc1. The molecule has 0 fully saturated rings. The minimum atomic E-state index is -0.830. The lowest BCUT2D eigenvalue weighted by molar-refractivity contribution is -0.143. The monoisotopic (exact) mass is 435 g/mol. The van der Waals surface area contributed by atoms with E-state index in [0.717, 1.165) is 17.7 Å². The molecule has 1 heterocycles. The van der Waals surface area contributed by atoms with Gasteiger partial charge in [-0.15, -0.1) is 23.2 Å². The molecular weight excluding hydrogens is 413 g/mol. The molecule has 3 N–H and O–H groups in total. The lowest BCUT2D eigenvalue weighted by Gasteiger charge is -2.34. The molecule has 1 aliphatic carbocycles. The van der Waals surface area contributed by atoms with E-state index in [4.69, 9.17) is 27.9 Å². The van der Waals surface area contributed by atoms with E-state index in [1.807, 2.05) is 31.3 Å². The number of carbonyl (C=O) groups excluding carboxylic acids is 2. The molecule has 0 saturated heterocycles. The fraction of sp³-hybridized carbons (Fsp3) is 0.333. The molecule has 3 rings (SSSR count). The predicted octanol–water partition coefficient (Wildman–Crippen LogP) is 2.13. The van der Waals surface area contributed by atoms with Crippen molar-refractivity contribution in [2.45, 2.75) is 29.8 Å². The summed E-state index contributed by atoms with van der Waals surface area (Å²) in [5.74, 6) is -0.733. The first-order chi connectivity index (χ1) is 13.9. The average Bonchev–Trinajstić information content (AvgIpc) is 2.71. The Balaban J connectivity index is 1.80. The molecular formula is C21H23Cl2N3O3. The summed E-state index contributed by atoms with van der Waals surface area (Å²) in [4.78, 5) is 24.9. The van der Waals surface area contributed by atoms with Crippen molar-refractivity contribution in [1.82, 2.24) is 16.0 Å². The number of alkyl halides is 2. The van der Waals surface area contributed by atoms with E-state index in [1.165, 1.54) is 7.11 Å². The van der Waals surface area contributed by atoms with Crippen LogP contribution in [0.25, 0.3) is 0 Å². The van der Waals surface area contributed by atoms with Gasteiger partial charge in [0.25, 0.3) is 0 Å². The maximum absolute atomic E-state index is 12.7. The van der Waals surface area contributed by atoms with Crippen molar-refractivity contribution < 1.29 is 14.3 Å². The van der Waals surface area contributed by atoms with Gasteiger partial charge in [0.05, 0.1) is 18.9 Å². The van der Waals surface area contributed by atoms with E-state index in [2.05, 4.69) is 16.0 Å². The Morgan fingerprint density at radius 1 is 1.17 bits per heavy atom. The van der Waals surface area contributed by atoms with Gasteiger partial charge in [-0.3, -0.25) is 4.79 Å². The minimum Gasteiger partial charge on any atom is -0.467 e. The van der Waals surface area contributed by atoms with Crippen LogP contribution in [-0.2, 0) is 27.3 Å². The van der Waals surface area contributed by atoms with Crippen LogP contribution in [0.1, 0.15) is 11.1 Å². The van der Waals surface area contributed by atoms with Crippen molar-refractivity contribution in [3.8, 4) is 0 Å². The quantitative estimate of drug-likeness (QED) is 0.471. The third-order valence-corrected chi connectivity index (χ3v) is 5.47. The number of halogens is 2. The van der Waals surface area contributed by atoms with E-state index in [9.17, 15) is 9.59 Å². The summed E-state index contributed by atoms with van der Waals surface area (Å²) in [5.41, 5.74) is 3.84. The lowest BCUT2D eigenvalue weighted by Crippen LogP contribution is -2.52. The first kappa shape index (κ1) is 21.4. The number of nitrogens with one attached hydrogen (secondary N) is 3. The van der Waals surface area contributed by atoms with Gasteiger partial charge < -0.3 is 20.7 Å². The molecule has 0 bridgehead atoms. The molecule has 0 saturated carbocycles. The topological polar surface area (TPSA) is 79.5 Å². The Labute approximate surface area is 180 Å². The summed E-state index contributed by atoms with van der Waals surface area (Å²) >= 11 is 12.7. The molecule has 0 radical (unpaired) electrons. The molecule has 1 aromatic rings. The predicted molar refractivity (Wildman–Crippen MR) is 114 cm³/mol. The molecule has 154 valence electrons. The molecule has 3 unspecified atom stereocenters. The van der Waals surface area contributed by atoms with Crippen molar-refractivity contribution in [2.24, 2.45) is 0 Å². The Bertz CT molecular complexity index is 878. The fourth-order valence-electron chi connectivity index (χ4n) is 3.30. The van der Waals surface area contributed by atoms with Gasteiger partial charge in [-0.2, -0.15) is 0 Å². The number of amides is 1. The van der Waals surface area contributed by atoms with Crippen LogP contribution in [0.5, 0.6) is 0 Å². The van der Waals surface area contributed by atoms with Crippen LogP contribution in [-0.4, -0.2) is 42.8 Å². The van der Waals surface area contributed by atoms with Crippen LogP contribution in [0.3, 0.4) is 0 Å². The van der Waals surface area contributed by atoms with E-state index < -0.39 is 17.4 Å². The number of carbonyl (C=O) groups is 2. The van der Waals surface area contributed by atoms with Crippen LogP contribution in [0, 0.1) is 0 Å². The highest BCUT2D eigenvalue weighted by molar-refractivity contribution is 6.25. The zero-order chi connectivity index (χ0) is 21.0. The first-order valence-corrected chi connectivity index (χ1v) is 10.1. The summed E-state index contributed by atoms with van der Waals surface area (Å²) in [5, 5.41) is 7.92. The third kappa shape index (κ3) is 5.01. The molecule has 1 aromatic carbocycles. The van der Waals surface area contributed by atoms with Crippen molar-refractivity contribution in [1.29, 1.82) is 0 Å². The zero-order valence-electron chi connectivity index (χ0n) is 16.2. The van der Waals surface area contributed by atoms with Gasteiger partial charge in [0.1, 0.15) is 11.4 Å². The third-order valence-electron chi connectivity index (χ3n) is 4.73. The maximum atomic E-state index is 12.7. The number of benzene rings is 1. The second-order valence-electron chi connectivity index (χ2n) is 6.83. The second kappa shape index (κ2) is 9.48. The maximum Gasteiger partial charge on any atom is 0.330 e. The fourth-order valence-corrected chi connectivity index (χ4v) is 3.84. The van der Waals surface area contributed by atoms with E-state index in [1.54, 1.807) is 18.2 Å². The normalized spacial score (nSPS) is 23.0. The molecule has 1 aliphatic heterocycles. The summed E-state index contributed by atoms with van der Waals surface area (Å²) in [6.45, 7) is 0.765. The van der Waals surface area contributed by atoms with Crippen LogP contribution >= 0.6 is 23.2 Å². The van der Waals surface area contributed by atoms with Crippen LogP contribution in [0.15, 0.2) is 59.5 Å². The number of allylic oxidation sites excluding steroid dienone is 3. The highest BCUT2D eigenvalue weighted by atomic mass is 35.5. The Hall–Kier alpha value is -2.28. The van der Waals surface area contributed by atoms with E-state index in [0.29, 0.717) is 17.0 Å². The van der Waals surface area contributed by atoms with Gasteiger partial charge in [-0.25, -0.2) is 4.79 Å². The van der Waals surface area contributed by atoms with Crippen LogP contribution < -0.4 is 16.0 Å². The van der Waals surface area contributed by atoms with Gasteiger partial charge in [0.2, 0.25) is 5.91 Å². The summed E-state index contributed by atoms with van der Waals surface area (Å²) in [6, 6.07) is 6.98. The van der Waals surface area contributed by atoms with Crippen molar-refractivity contribution >= 4 is 35.1 Å². The lowest BCUT2D eigenvalue weighted by atomic mass is 9.93. The van der Waals surface area contributed by atoms with Crippen molar-refractivity contribution in [2.75, 3.05) is 14.2 Å². The molecule has 0 aromatic heterocycles. The molecule has 0 spiro atoms. The van der Waals surface area contributed by atoms with Crippen LogP contribution in [0.2, 0.25) is 0 Å². The number of methoxy groups -OCH3 is 1. The number of hydrogen-bond acceptors (Lipinski definition) is 5. The Morgan fingerprint density at radius 3 is 2.52 bits per heavy atom. The molecule has 8 heteroatoms. The van der Waals surface area contributed by atoms with Gasteiger partial charge in [-0.05, 0) is 24.3 Å². The van der Waals surface area contributed by atoms with Gasteiger partial charge in [0, 0.05) is 23.5 Å². The number of ether oxygens (including phenoxy) is 1. The number of fused-ring (bicyclic) bond motifs is 1. The van der Waals surface area contributed by atoms with Crippen LogP contribution in [0.4, 0.5) is 0 Å². The van der Waals surface area contributed by atoms with Gasteiger partial charge >= 0.3 is 5.97 Å². The molecule has 29 heavy (non-hydrogen) atoms. The second-order valence-corrected chi connectivity index (χ2v) is 7.80. The van der Waals surface area contributed by atoms with E-state index >= 15 is 0 Å². The largest absolute Gasteiger partial charge is 0.467 e. The number of esters is 1. The number of hydrogen-bond donors (Lipinski definition) is 3. The minimum absolute atomic E-state index is 0.192. The standard InChI is InChI=1S/C21H23Cl2N3O3/c1-24-11-13-5-3-12(4-6-13)9-17(27)26-19-15-8-7-14(22)10-16(15)25-20(18(19)23)21(28)29-2/h3-8,10,14,18,20,24-25H,9,11H2,1-2H3,(H,26,27). The Kier molecular flexibility index (Phi) is 7.00. The Morgan fingerprint density at radius 2 is 1.86 bits per heavy atom. The molecule has 1 amide bonds. The highest BCUT2D eigenvalue weighted by Gasteiger charge is 2.38. The first-order valence-electron chi connectivity index (χ1n) is 9.22. The number of rotatable bonds is 6. The molecule has 2 aliphatic rings. The summed E-state index contributed by atoms with van der Waals surface area (Å²) in [7, 11) is 3.18. The molecule has 3 atom stereocenters. The summed E-state index contributed by atoms with van der Waals surface area (Å²) in [6.07, 6.45) is 5.54. The van der Waals surface area contributed by atoms with Crippen molar-refractivity contribution in [3.05, 3.63) is 70.6 Å². The average molecular weight is 436 g/mol. The van der Waals surface area contributed by atoms with Gasteiger partial charge in [-0.1, -0.05) is 36.4 Å². The highest BCUT2D eigenvalue weighted by Crippen LogP contribution is 2.31. The zero-order valence-corrected chi connectivity index (χ0v) is 17.7.